The Hall–Kier alpha value is -2.45. The molecule has 1 N–H and O–H groups in total. The van der Waals surface area contributed by atoms with Crippen molar-refractivity contribution >= 4 is 33.4 Å². The normalized spacial score (nSPS) is 10.5. The molecule has 0 unspecified atom stereocenters. The monoisotopic (exact) mass is 421 g/mol. The first-order chi connectivity index (χ1) is 12.1. The van der Waals surface area contributed by atoms with Crippen molar-refractivity contribution in [2.24, 2.45) is 0 Å². The summed E-state index contributed by atoms with van der Waals surface area (Å²) in [7, 11) is 0. The molecule has 9 heteroatoms. The van der Waals surface area contributed by atoms with E-state index in [9.17, 15) is 4.79 Å². The molecule has 2 aromatic carbocycles. The van der Waals surface area contributed by atoms with Gasteiger partial charge in [0.05, 0.1) is 17.3 Å². The molecule has 0 aliphatic heterocycles. The van der Waals surface area contributed by atoms with E-state index in [0.717, 1.165) is 10.2 Å². The second kappa shape index (κ2) is 8.09. The second-order valence-electron chi connectivity index (χ2n) is 4.98. The van der Waals surface area contributed by atoms with Gasteiger partial charge >= 0.3 is 0 Å². The molecule has 0 radical (unpaired) electrons. The Morgan fingerprint density at radius 2 is 2.08 bits per heavy atom. The van der Waals surface area contributed by atoms with Crippen LogP contribution in [0.3, 0.4) is 0 Å². The number of halogens is 2. The lowest BCUT2D eigenvalue weighted by atomic mass is 10.3. The van der Waals surface area contributed by atoms with Crippen molar-refractivity contribution in [1.82, 2.24) is 25.5 Å². The van der Waals surface area contributed by atoms with Gasteiger partial charge in [-0.25, -0.2) is 0 Å². The van der Waals surface area contributed by atoms with Gasteiger partial charge in [-0.15, -0.1) is 5.10 Å². The number of ether oxygens (including phenoxy) is 1. The maximum Gasteiger partial charge on any atom is 0.258 e. The molecule has 1 aromatic heterocycles. The van der Waals surface area contributed by atoms with Gasteiger partial charge in [0.2, 0.25) is 0 Å². The molecule has 3 aromatic rings. The molecule has 0 saturated heterocycles. The second-order valence-corrected chi connectivity index (χ2v) is 6.31. The predicted molar refractivity (Wildman–Crippen MR) is 95.6 cm³/mol. The van der Waals surface area contributed by atoms with Crippen molar-refractivity contribution in [3.8, 4) is 11.4 Å². The van der Waals surface area contributed by atoms with E-state index in [4.69, 9.17) is 16.3 Å². The molecule has 0 spiro atoms. The minimum absolute atomic E-state index is 0.151. The van der Waals surface area contributed by atoms with Gasteiger partial charge in [-0.1, -0.05) is 45.7 Å². The molecule has 3 rings (SSSR count). The molecule has 1 heterocycles. The Kier molecular flexibility index (Phi) is 5.62. The number of nitrogens with zero attached hydrogens (tertiary/aromatic N) is 4. The van der Waals surface area contributed by atoms with Crippen LogP contribution >= 0.6 is 27.5 Å². The van der Waals surface area contributed by atoms with Crippen LogP contribution in [0.15, 0.2) is 53.0 Å². The number of carbonyl (C=O) groups is 1. The SMILES string of the molecule is O=C(COc1ccccc1Cl)NCc1nnnn1-c1cccc(Br)c1. The number of amides is 1. The van der Waals surface area contributed by atoms with Crippen molar-refractivity contribution in [1.29, 1.82) is 0 Å². The van der Waals surface area contributed by atoms with Crippen LogP contribution < -0.4 is 10.1 Å². The number of carbonyl (C=O) groups excluding carboxylic acids is 1. The summed E-state index contributed by atoms with van der Waals surface area (Å²) >= 11 is 9.38. The molecule has 25 heavy (non-hydrogen) atoms. The molecule has 128 valence electrons. The summed E-state index contributed by atoms with van der Waals surface area (Å²) in [5.41, 5.74) is 0.788. The number of hydrogen-bond donors (Lipinski definition) is 1. The number of benzene rings is 2. The molecule has 0 atom stereocenters. The van der Waals surface area contributed by atoms with Gasteiger partial charge in [0.15, 0.2) is 12.4 Å². The molecular formula is C16H13BrClN5O2. The first-order valence-electron chi connectivity index (χ1n) is 7.31. The minimum atomic E-state index is -0.302. The summed E-state index contributed by atoms with van der Waals surface area (Å²) in [5, 5.41) is 14.7. The average Bonchev–Trinajstić information content (AvgIpc) is 3.08. The number of para-hydroxylation sites is 1. The molecule has 0 fully saturated rings. The Bertz CT molecular complexity index is 886. The fraction of sp³-hybridized carbons (Fsp3) is 0.125. The fourth-order valence-electron chi connectivity index (χ4n) is 2.06. The summed E-state index contributed by atoms with van der Waals surface area (Å²) in [6, 6.07) is 14.5. The van der Waals surface area contributed by atoms with Crippen molar-refractivity contribution in [2.45, 2.75) is 6.54 Å². The molecule has 0 aliphatic carbocycles. The Morgan fingerprint density at radius 1 is 1.24 bits per heavy atom. The van der Waals surface area contributed by atoms with Crippen LogP contribution in [0.2, 0.25) is 5.02 Å². The van der Waals surface area contributed by atoms with Gasteiger partial charge in [0, 0.05) is 4.47 Å². The van der Waals surface area contributed by atoms with Crippen LogP contribution in [0.4, 0.5) is 0 Å². The van der Waals surface area contributed by atoms with E-state index in [0.29, 0.717) is 16.6 Å². The smallest absolute Gasteiger partial charge is 0.258 e. The Morgan fingerprint density at radius 3 is 2.88 bits per heavy atom. The van der Waals surface area contributed by atoms with Gasteiger partial charge in [0.1, 0.15) is 5.75 Å². The molecule has 7 nitrogen and oxygen atoms in total. The largest absolute Gasteiger partial charge is 0.482 e. The highest BCUT2D eigenvalue weighted by Gasteiger charge is 2.11. The molecular weight excluding hydrogens is 410 g/mol. The van der Waals surface area contributed by atoms with Crippen molar-refractivity contribution in [2.75, 3.05) is 6.61 Å². The highest BCUT2D eigenvalue weighted by atomic mass is 79.9. The lowest BCUT2D eigenvalue weighted by Gasteiger charge is -2.09. The molecule has 1 amide bonds. The van der Waals surface area contributed by atoms with Gasteiger partial charge in [-0.2, -0.15) is 4.68 Å². The van der Waals surface area contributed by atoms with Crippen LogP contribution in [0.1, 0.15) is 5.82 Å². The van der Waals surface area contributed by atoms with Gasteiger partial charge in [-0.3, -0.25) is 4.79 Å². The number of nitrogens with one attached hydrogen (secondary N) is 1. The van der Waals surface area contributed by atoms with Crippen molar-refractivity contribution < 1.29 is 9.53 Å². The van der Waals surface area contributed by atoms with E-state index in [-0.39, 0.29) is 19.1 Å². The summed E-state index contributed by atoms with van der Waals surface area (Å²) in [4.78, 5) is 12.0. The number of rotatable bonds is 6. The lowest BCUT2D eigenvalue weighted by molar-refractivity contribution is -0.123. The highest BCUT2D eigenvalue weighted by Crippen LogP contribution is 2.22. The van der Waals surface area contributed by atoms with Crippen LogP contribution in [0.5, 0.6) is 5.75 Å². The predicted octanol–water partition coefficient (Wildman–Crippen LogP) is 2.77. The summed E-state index contributed by atoms with van der Waals surface area (Å²) in [6.07, 6.45) is 0. The van der Waals surface area contributed by atoms with E-state index in [2.05, 4.69) is 36.8 Å². The first-order valence-corrected chi connectivity index (χ1v) is 8.48. The van der Waals surface area contributed by atoms with Gasteiger partial charge in [-0.05, 0) is 40.8 Å². The zero-order chi connectivity index (χ0) is 17.6. The van der Waals surface area contributed by atoms with E-state index >= 15 is 0 Å². The average molecular weight is 423 g/mol. The summed E-state index contributed by atoms with van der Waals surface area (Å²) in [5.74, 6) is 0.659. The van der Waals surface area contributed by atoms with Gasteiger partial charge in [0.25, 0.3) is 5.91 Å². The zero-order valence-corrected chi connectivity index (χ0v) is 15.2. The maximum absolute atomic E-state index is 12.0. The van der Waals surface area contributed by atoms with Crippen molar-refractivity contribution in [3.05, 3.63) is 63.9 Å². The van der Waals surface area contributed by atoms with Gasteiger partial charge < -0.3 is 10.1 Å². The maximum atomic E-state index is 12.0. The minimum Gasteiger partial charge on any atom is -0.482 e. The van der Waals surface area contributed by atoms with Crippen LogP contribution in [0, 0.1) is 0 Å². The van der Waals surface area contributed by atoms with E-state index in [1.165, 1.54) is 0 Å². The summed E-state index contributed by atoms with van der Waals surface area (Å²) < 4.78 is 7.85. The van der Waals surface area contributed by atoms with Crippen LogP contribution in [0.25, 0.3) is 5.69 Å². The third-order valence-electron chi connectivity index (χ3n) is 3.23. The van der Waals surface area contributed by atoms with Crippen LogP contribution in [-0.4, -0.2) is 32.7 Å². The van der Waals surface area contributed by atoms with Crippen molar-refractivity contribution in [3.63, 3.8) is 0 Å². The third kappa shape index (κ3) is 4.55. The molecule has 0 bridgehead atoms. The standard InChI is InChI=1S/C16H13BrClN5O2/c17-11-4-3-5-12(8-11)23-15(20-21-22-23)9-19-16(24)10-25-14-7-2-1-6-13(14)18/h1-8H,9-10H2,(H,19,24). The molecule has 0 aliphatic rings. The Balaban J connectivity index is 1.58. The lowest BCUT2D eigenvalue weighted by Crippen LogP contribution is -2.29. The summed E-state index contributed by atoms with van der Waals surface area (Å²) in [6.45, 7) is 0.0203. The number of aromatic nitrogens is 4. The molecule has 0 saturated carbocycles. The quantitative estimate of drug-likeness (QED) is 0.660. The third-order valence-corrected chi connectivity index (χ3v) is 4.03. The highest BCUT2D eigenvalue weighted by molar-refractivity contribution is 9.10. The topological polar surface area (TPSA) is 81.9 Å². The number of tetrazole rings is 1. The van der Waals surface area contributed by atoms with E-state index in [1.54, 1.807) is 28.9 Å². The fourth-order valence-corrected chi connectivity index (χ4v) is 2.64. The van der Waals surface area contributed by atoms with E-state index in [1.807, 2.05) is 24.3 Å². The van der Waals surface area contributed by atoms with Crippen LogP contribution in [-0.2, 0) is 11.3 Å². The van der Waals surface area contributed by atoms with E-state index < -0.39 is 0 Å². The zero-order valence-electron chi connectivity index (χ0n) is 12.9. The first kappa shape index (κ1) is 17.4. The number of hydrogen-bond acceptors (Lipinski definition) is 5. The Labute approximate surface area is 157 Å².